The molecular formula is C17H17N5O. The number of fused-ring (bicyclic) bond motifs is 1. The zero-order valence-corrected chi connectivity index (χ0v) is 12.6. The summed E-state index contributed by atoms with van der Waals surface area (Å²) in [6, 6.07) is 9.86. The number of imidazole rings is 2. The Labute approximate surface area is 133 Å². The minimum absolute atomic E-state index is 0.0973. The molecular weight excluding hydrogens is 290 g/mol. The molecule has 0 fully saturated rings. The molecule has 0 spiro atoms. The van der Waals surface area contributed by atoms with Crippen LogP contribution in [0.3, 0.4) is 0 Å². The van der Waals surface area contributed by atoms with Gasteiger partial charge in [0.05, 0.1) is 12.5 Å². The van der Waals surface area contributed by atoms with Gasteiger partial charge in [-0.25, -0.2) is 9.97 Å². The predicted molar refractivity (Wildman–Crippen MR) is 85.4 cm³/mol. The number of aromatic nitrogens is 4. The van der Waals surface area contributed by atoms with Crippen molar-refractivity contribution in [3.63, 3.8) is 0 Å². The lowest BCUT2D eigenvalue weighted by molar-refractivity contribution is 0.0920. The van der Waals surface area contributed by atoms with E-state index in [-0.39, 0.29) is 11.9 Å². The molecule has 116 valence electrons. The molecule has 0 radical (unpaired) electrons. The summed E-state index contributed by atoms with van der Waals surface area (Å²) < 4.78 is 3.91. The van der Waals surface area contributed by atoms with Crippen molar-refractivity contribution in [2.45, 2.75) is 25.4 Å². The Morgan fingerprint density at radius 1 is 1.26 bits per heavy atom. The molecule has 0 aliphatic carbocycles. The fraction of sp³-hybridized carbons (Fsp3) is 0.235. The molecule has 0 saturated heterocycles. The molecule has 6 nitrogen and oxygen atoms in total. The van der Waals surface area contributed by atoms with Gasteiger partial charge >= 0.3 is 0 Å². The third kappa shape index (κ3) is 2.63. The largest absolute Gasteiger partial charge is 0.346 e. The van der Waals surface area contributed by atoms with E-state index in [1.165, 1.54) is 0 Å². The molecule has 4 rings (SSSR count). The molecule has 3 aromatic rings. The van der Waals surface area contributed by atoms with Crippen molar-refractivity contribution in [3.05, 3.63) is 66.8 Å². The summed E-state index contributed by atoms with van der Waals surface area (Å²) in [5, 5.41) is 3.11. The second-order valence-corrected chi connectivity index (χ2v) is 5.69. The maximum absolute atomic E-state index is 12.6. The number of hydrogen-bond acceptors (Lipinski definition) is 3. The standard InChI is InChI=1S/C17H17N5O/c23-17(20-13-6-7-16-19-8-9-21(16)11-13)15-10-18-12-22(15)14-4-2-1-3-5-14/h1-5,8-10,12-13H,6-7,11H2,(H,20,23)/t13-/m0/s1. The van der Waals surface area contributed by atoms with Crippen LogP contribution >= 0.6 is 0 Å². The molecule has 0 saturated carbocycles. The molecule has 1 N–H and O–H groups in total. The van der Waals surface area contributed by atoms with E-state index >= 15 is 0 Å². The first-order valence-corrected chi connectivity index (χ1v) is 7.70. The normalized spacial score (nSPS) is 16.8. The van der Waals surface area contributed by atoms with E-state index in [0.717, 1.165) is 30.9 Å². The van der Waals surface area contributed by atoms with Crippen molar-refractivity contribution in [1.82, 2.24) is 24.4 Å². The van der Waals surface area contributed by atoms with Gasteiger partial charge in [-0.15, -0.1) is 0 Å². The summed E-state index contributed by atoms with van der Waals surface area (Å²) in [4.78, 5) is 21.1. The molecule has 1 amide bonds. The lowest BCUT2D eigenvalue weighted by Gasteiger charge is -2.24. The molecule has 0 unspecified atom stereocenters. The van der Waals surface area contributed by atoms with Crippen molar-refractivity contribution < 1.29 is 4.79 Å². The van der Waals surface area contributed by atoms with Crippen molar-refractivity contribution in [2.24, 2.45) is 0 Å². The van der Waals surface area contributed by atoms with Gasteiger partial charge in [0.25, 0.3) is 5.91 Å². The average molecular weight is 307 g/mol. The maximum atomic E-state index is 12.6. The first-order chi connectivity index (χ1) is 11.3. The van der Waals surface area contributed by atoms with E-state index in [4.69, 9.17) is 0 Å². The monoisotopic (exact) mass is 307 g/mol. The zero-order chi connectivity index (χ0) is 15.6. The van der Waals surface area contributed by atoms with Crippen LogP contribution < -0.4 is 5.32 Å². The number of benzene rings is 1. The number of nitrogens with one attached hydrogen (secondary N) is 1. The molecule has 23 heavy (non-hydrogen) atoms. The second kappa shape index (κ2) is 5.72. The number of nitrogens with zero attached hydrogens (tertiary/aromatic N) is 4. The Morgan fingerprint density at radius 2 is 2.13 bits per heavy atom. The second-order valence-electron chi connectivity index (χ2n) is 5.69. The van der Waals surface area contributed by atoms with E-state index in [1.807, 2.05) is 42.7 Å². The average Bonchev–Trinajstić information content (AvgIpc) is 3.24. The Bertz CT molecular complexity index is 820. The number of hydrogen-bond donors (Lipinski definition) is 1. The van der Waals surface area contributed by atoms with Gasteiger partial charge in [0.2, 0.25) is 0 Å². The van der Waals surface area contributed by atoms with Crippen molar-refractivity contribution in [2.75, 3.05) is 0 Å². The van der Waals surface area contributed by atoms with E-state index in [9.17, 15) is 4.79 Å². The number of carbonyl (C=O) groups is 1. The van der Waals surface area contributed by atoms with Gasteiger partial charge in [-0.3, -0.25) is 9.36 Å². The summed E-state index contributed by atoms with van der Waals surface area (Å²) in [6.45, 7) is 0.764. The molecule has 1 atom stereocenters. The van der Waals surface area contributed by atoms with Crippen molar-refractivity contribution >= 4 is 5.91 Å². The third-order valence-electron chi connectivity index (χ3n) is 4.18. The van der Waals surface area contributed by atoms with Gasteiger partial charge in [-0.2, -0.15) is 0 Å². The topological polar surface area (TPSA) is 64.7 Å². The highest BCUT2D eigenvalue weighted by molar-refractivity contribution is 5.93. The fourth-order valence-electron chi connectivity index (χ4n) is 3.00. The third-order valence-corrected chi connectivity index (χ3v) is 4.18. The van der Waals surface area contributed by atoms with E-state index in [1.54, 1.807) is 17.1 Å². The van der Waals surface area contributed by atoms with Gasteiger partial charge in [-0.05, 0) is 18.6 Å². The van der Waals surface area contributed by atoms with Crippen LogP contribution in [0.1, 0.15) is 22.7 Å². The fourth-order valence-corrected chi connectivity index (χ4v) is 3.00. The highest BCUT2D eigenvalue weighted by Crippen LogP contribution is 2.15. The maximum Gasteiger partial charge on any atom is 0.270 e. The van der Waals surface area contributed by atoms with Crippen LogP contribution in [-0.4, -0.2) is 31.1 Å². The molecule has 1 aliphatic rings. The molecule has 1 aliphatic heterocycles. The molecule has 3 heterocycles. The van der Waals surface area contributed by atoms with Crippen LogP contribution in [0.15, 0.2) is 55.2 Å². The van der Waals surface area contributed by atoms with E-state index in [2.05, 4.69) is 19.9 Å². The lowest BCUT2D eigenvalue weighted by Crippen LogP contribution is -2.41. The molecule has 6 heteroatoms. The lowest BCUT2D eigenvalue weighted by atomic mass is 10.1. The SMILES string of the molecule is O=C(N[C@H]1CCc2nccn2C1)c1cncn1-c1ccccc1. The van der Waals surface area contributed by atoms with Crippen LogP contribution in [0.4, 0.5) is 0 Å². The van der Waals surface area contributed by atoms with Crippen molar-refractivity contribution in [1.29, 1.82) is 0 Å². The summed E-state index contributed by atoms with van der Waals surface area (Å²) in [5.41, 5.74) is 1.48. The Balaban J connectivity index is 1.52. The highest BCUT2D eigenvalue weighted by Gasteiger charge is 2.22. The Morgan fingerprint density at radius 3 is 3.00 bits per heavy atom. The van der Waals surface area contributed by atoms with Gasteiger partial charge in [-0.1, -0.05) is 18.2 Å². The molecule has 1 aromatic carbocycles. The predicted octanol–water partition coefficient (Wildman–Crippen LogP) is 1.81. The quantitative estimate of drug-likeness (QED) is 0.802. The van der Waals surface area contributed by atoms with Gasteiger partial charge in [0.15, 0.2) is 0 Å². The summed E-state index contributed by atoms with van der Waals surface area (Å²) >= 11 is 0. The first-order valence-electron chi connectivity index (χ1n) is 7.70. The van der Waals surface area contributed by atoms with Crippen LogP contribution in [0.25, 0.3) is 5.69 Å². The zero-order valence-electron chi connectivity index (χ0n) is 12.6. The summed E-state index contributed by atoms with van der Waals surface area (Å²) in [6.07, 6.45) is 8.83. The minimum Gasteiger partial charge on any atom is -0.346 e. The minimum atomic E-state index is -0.0973. The van der Waals surface area contributed by atoms with E-state index < -0.39 is 0 Å². The summed E-state index contributed by atoms with van der Waals surface area (Å²) in [7, 11) is 0. The number of para-hydroxylation sites is 1. The van der Waals surface area contributed by atoms with Gasteiger partial charge < -0.3 is 9.88 Å². The number of rotatable bonds is 3. The Kier molecular flexibility index (Phi) is 3.42. The van der Waals surface area contributed by atoms with Crippen LogP contribution in [-0.2, 0) is 13.0 Å². The van der Waals surface area contributed by atoms with Gasteiger partial charge in [0, 0.05) is 37.1 Å². The van der Waals surface area contributed by atoms with Crippen LogP contribution in [0, 0.1) is 0 Å². The number of carbonyl (C=O) groups excluding carboxylic acids is 1. The summed E-state index contributed by atoms with van der Waals surface area (Å²) in [5.74, 6) is 0.991. The smallest absolute Gasteiger partial charge is 0.270 e. The van der Waals surface area contributed by atoms with E-state index in [0.29, 0.717) is 5.69 Å². The number of amides is 1. The van der Waals surface area contributed by atoms with Gasteiger partial charge in [0.1, 0.15) is 11.5 Å². The Hall–Kier alpha value is -2.89. The number of aryl methyl sites for hydroxylation is 1. The van der Waals surface area contributed by atoms with Crippen molar-refractivity contribution in [3.8, 4) is 5.69 Å². The highest BCUT2D eigenvalue weighted by atomic mass is 16.2. The van der Waals surface area contributed by atoms with Crippen LogP contribution in [0.5, 0.6) is 0 Å². The first kappa shape index (κ1) is 13.8. The molecule has 0 bridgehead atoms. The van der Waals surface area contributed by atoms with Crippen LogP contribution in [0.2, 0.25) is 0 Å². The molecule has 2 aromatic heterocycles.